The zero-order valence-electron chi connectivity index (χ0n) is 16.0. The quantitative estimate of drug-likeness (QED) is 0.534. The molecule has 0 amide bonds. The normalized spacial score (nSPS) is 16.4. The van der Waals surface area contributed by atoms with Crippen LogP contribution in [0.2, 0.25) is 10.0 Å². The summed E-state index contributed by atoms with van der Waals surface area (Å²) in [4.78, 5) is 17.3. The summed E-state index contributed by atoms with van der Waals surface area (Å²) in [5.41, 5.74) is 1.08. The first-order chi connectivity index (χ1) is 14.3. The maximum Gasteiger partial charge on any atom is 0.344 e. The highest BCUT2D eigenvalue weighted by Gasteiger charge is 2.33. The zero-order chi connectivity index (χ0) is 21.8. The van der Waals surface area contributed by atoms with Gasteiger partial charge in [-0.3, -0.25) is 0 Å². The van der Waals surface area contributed by atoms with E-state index in [0.29, 0.717) is 26.2 Å². The number of aliphatic imine (C=N–C) groups is 1. The molecule has 1 aliphatic heterocycles. The molecule has 1 aliphatic rings. The molecule has 0 saturated carbocycles. The van der Waals surface area contributed by atoms with Crippen LogP contribution in [0.25, 0.3) is 6.08 Å². The number of hydrogen-bond acceptors (Lipinski definition) is 7. The molecule has 156 valence electrons. The number of benzene rings is 2. The molecular formula is C21H17Cl2NO5S. The second-order valence-corrected chi connectivity index (χ2v) is 7.85. The summed E-state index contributed by atoms with van der Waals surface area (Å²) in [6.45, 7) is 1.82. The van der Waals surface area contributed by atoms with Crippen molar-refractivity contribution in [2.24, 2.45) is 4.99 Å². The third kappa shape index (κ3) is 4.75. The molecule has 0 atom stereocenters. The van der Waals surface area contributed by atoms with Crippen molar-refractivity contribution in [3.8, 4) is 11.5 Å². The molecule has 3 rings (SSSR count). The van der Waals surface area contributed by atoms with Gasteiger partial charge in [-0.05, 0) is 48.9 Å². The number of phenolic OH excluding ortho intramolecular Hbond substituents is 1. The Balaban J connectivity index is 2.05. The topological polar surface area (TPSA) is 88.4 Å². The fourth-order valence-electron chi connectivity index (χ4n) is 2.60. The zero-order valence-corrected chi connectivity index (χ0v) is 18.3. The number of methoxy groups -OCH3 is 1. The van der Waals surface area contributed by atoms with Gasteiger partial charge >= 0.3 is 5.97 Å². The van der Waals surface area contributed by atoms with E-state index < -0.39 is 5.97 Å². The van der Waals surface area contributed by atoms with Crippen LogP contribution in [0.4, 0.5) is 5.69 Å². The van der Waals surface area contributed by atoms with Crippen molar-refractivity contribution >= 4 is 57.7 Å². The molecular weight excluding hydrogens is 449 g/mol. The minimum atomic E-state index is -0.687. The number of aromatic hydroxyl groups is 1. The maximum atomic E-state index is 12.5. The molecule has 30 heavy (non-hydrogen) atoms. The Labute approximate surface area is 187 Å². The summed E-state index contributed by atoms with van der Waals surface area (Å²) < 4.78 is 10.2. The van der Waals surface area contributed by atoms with Gasteiger partial charge < -0.3 is 19.7 Å². The van der Waals surface area contributed by atoms with Crippen molar-refractivity contribution in [3.63, 3.8) is 0 Å². The van der Waals surface area contributed by atoms with E-state index in [-0.39, 0.29) is 34.5 Å². The van der Waals surface area contributed by atoms with Crippen LogP contribution in [0.15, 0.2) is 57.6 Å². The summed E-state index contributed by atoms with van der Waals surface area (Å²) in [7, 11) is 1.44. The summed E-state index contributed by atoms with van der Waals surface area (Å²) >= 11 is 13.1. The van der Waals surface area contributed by atoms with Crippen molar-refractivity contribution < 1.29 is 24.5 Å². The van der Waals surface area contributed by atoms with E-state index >= 15 is 0 Å². The number of thioether (sulfide) groups is 1. The lowest BCUT2D eigenvalue weighted by Gasteiger charge is -2.04. The van der Waals surface area contributed by atoms with Gasteiger partial charge in [-0.1, -0.05) is 41.0 Å². The molecule has 0 aromatic heterocycles. The smallest absolute Gasteiger partial charge is 0.344 e. The number of aliphatic hydroxyl groups excluding tert-OH is 1. The first-order valence-corrected chi connectivity index (χ1v) is 10.3. The molecule has 0 radical (unpaired) electrons. The van der Waals surface area contributed by atoms with Gasteiger partial charge in [0.2, 0.25) is 0 Å². The average Bonchev–Trinajstić information content (AvgIpc) is 3.01. The predicted molar refractivity (Wildman–Crippen MR) is 120 cm³/mol. The molecule has 1 heterocycles. The SMILES string of the molecule is CCOC(=O)C1=C(O)/C(=C/c2ccc(O)c(OC)c2)SC1=Nc1ccc(Cl)c(Cl)c1. The molecule has 0 fully saturated rings. The molecule has 6 nitrogen and oxygen atoms in total. The van der Waals surface area contributed by atoms with Crippen molar-refractivity contribution in [2.45, 2.75) is 6.92 Å². The Morgan fingerprint density at radius 2 is 1.93 bits per heavy atom. The van der Waals surface area contributed by atoms with Gasteiger partial charge in [0, 0.05) is 0 Å². The Kier molecular flexibility index (Phi) is 6.97. The Morgan fingerprint density at radius 3 is 2.60 bits per heavy atom. The van der Waals surface area contributed by atoms with Crippen LogP contribution in [0.1, 0.15) is 12.5 Å². The fraction of sp³-hybridized carbons (Fsp3) is 0.143. The lowest BCUT2D eigenvalue weighted by atomic mass is 10.1. The molecule has 2 N–H and O–H groups in total. The molecule has 9 heteroatoms. The number of hydrogen-bond donors (Lipinski definition) is 2. The van der Waals surface area contributed by atoms with Crippen molar-refractivity contribution in [1.29, 1.82) is 0 Å². The number of esters is 1. The number of halogens is 2. The summed E-state index contributed by atoms with van der Waals surface area (Å²) in [6.07, 6.45) is 1.65. The third-order valence-electron chi connectivity index (χ3n) is 4.01. The second-order valence-electron chi connectivity index (χ2n) is 6.00. The van der Waals surface area contributed by atoms with E-state index in [9.17, 15) is 15.0 Å². The highest BCUT2D eigenvalue weighted by molar-refractivity contribution is 8.18. The lowest BCUT2D eigenvalue weighted by molar-refractivity contribution is -0.138. The number of aliphatic hydroxyl groups is 1. The van der Waals surface area contributed by atoms with Gasteiger partial charge in [-0.2, -0.15) is 0 Å². The number of carbonyl (C=O) groups is 1. The Bertz CT molecular complexity index is 1090. The highest BCUT2D eigenvalue weighted by Crippen LogP contribution is 2.41. The van der Waals surface area contributed by atoms with Crippen LogP contribution in [-0.4, -0.2) is 34.9 Å². The number of rotatable bonds is 5. The third-order valence-corrected chi connectivity index (χ3v) is 5.76. The first kappa shape index (κ1) is 22.1. The summed E-state index contributed by atoms with van der Waals surface area (Å²) in [5.74, 6) is -0.656. The van der Waals surface area contributed by atoms with Crippen LogP contribution in [-0.2, 0) is 9.53 Å². The standard InChI is InChI=1S/C21H17Cl2NO5S/c1-3-29-21(27)18-19(26)17(9-11-4-7-15(25)16(8-11)28-2)30-20(18)24-12-5-6-13(22)14(23)10-12/h4-10,25-26H,3H2,1-2H3/b17-9-,24-20?. The number of ether oxygens (including phenoxy) is 2. The molecule has 2 aromatic carbocycles. The molecule has 0 spiro atoms. The number of carbonyl (C=O) groups excluding carboxylic acids is 1. The van der Waals surface area contributed by atoms with E-state index in [4.69, 9.17) is 32.7 Å². The van der Waals surface area contributed by atoms with Gasteiger partial charge in [0.05, 0.1) is 34.4 Å². The Hall–Kier alpha value is -2.61. The van der Waals surface area contributed by atoms with Crippen LogP contribution < -0.4 is 4.74 Å². The van der Waals surface area contributed by atoms with Crippen molar-refractivity contribution in [1.82, 2.24) is 0 Å². The predicted octanol–water partition coefficient (Wildman–Crippen LogP) is 5.90. The van der Waals surface area contributed by atoms with Crippen LogP contribution in [0, 0.1) is 0 Å². The molecule has 0 unspecified atom stereocenters. The summed E-state index contributed by atoms with van der Waals surface area (Å²) in [6, 6.07) is 9.53. The van der Waals surface area contributed by atoms with Crippen molar-refractivity contribution in [2.75, 3.05) is 13.7 Å². The number of phenols is 1. The minimum absolute atomic E-state index is 0.00688. The fourth-order valence-corrected chi connectivity index (χ4v) is 3.93. The van der Waals surface area contributed by atoms with Crippen LogP contribution >= 0.6 is 35.0 Å². The van der Waals surface area contributed by atoms with Crippen LogP contribution in [0.5, 0.6) is 11.5 Å². The van der Waals surface area contributed by atoms with Gasteiger partial charge in [0.25, 0.3) is 0 Å². The summed E-state index contributed by atoms with van der Waals surface area (Å²) in [5, 5.41) is 21.4. The highest BCUT2D eigenvalue weighted by atomic mass is 35.5. The van der Waals surface area contributed by atoms with E-state index in [2.05, 4.69) is 4.99 Å². The van der Waals surface area contributed by atoms with Gasteiger partial charge in [0.1, 0.15) is 16.4 Å². The minimum Gasteiger partial charge on any atom is -0.506 e. The van der Waals surface area contributed by atoms with Crippen molar-refractivity contribution in [3.05, 3.63) is 68.2 Å². The van der Waals surface area contributed by atoms with E-state index in [1.807, 2.05) is 0 Å². The monoisotopic (exact) mass is 465 g/mol. The molecule has 0 saturated heterocycles. The first-order valence-electron chi connectivity index (χ1n) is 8.75. The molecule has 0 aliphatic carbocycles. The number of nitrogens with zero attached hydrogens (tertiary/aromatic N) is 1. The van der Waals surface area contributed by atoms with Gasteiger partial charge in [0.15, 0.2) is 11.5 Å². The second kappa shape index (κ2) is 9.47. The maximum absolute atomic E-state index is 12.5. The largest absolute Gasteiger partial charge is 0.506 e. The average molecular weight is 466 g/mol. The van der Waals surface area contributed by atoms with Crippen LogP contribution in [0.3, 0.4) is 0 Å². The van der Waals surface area contributed by atoms with E-state index in [1.54, 1.807) is 43.3 Å². The molecule has 0 bridgehead atoms. The van der Waals surface area contributed by atoms with Gasteiger partial charge in [-0.25, -0.2) is 9.79 Å². The molecule has 2 aromatic rings. The van der Waals surface area contributed by atoms with E-state index in [0.717, 1.165) is 11.8 Å². The van der Waals surface area contributed by atoms with Gasteiger partial charge in [-0.15, -0.1) is 0 Å². The lowest BCUT2D eigenvalue weighted by Crippen LogP contribution is -2.12. The Morgan fingerprint density at radius 1 is 1.17 bits per heavy atom. The van der Waals surface area contributed by atoms with E-state index in [1.165, 1.54) is 13.2 Å².